The molecule has 0 aliphatic carbocycles. The van der Waals surface area contributed by atoms with Gasteiger partial charge in [-0.2, -0.15) is 13.2 Å². The van der Waals surface area contributed by atoms with E-state index in [1.54, 1.807) is 0 Å². The molecule has 0 saturated carbocycles. The van der Waals surface area contributed by atoms with Crippen molar-refractivity contribution >= 4 is 34.7 Å². The van der Waals surface area contributed by atoms with Crippen molar-refractivity contribution in [3.8, 4) is 0 Å². The van der Waals surface area contributed by atoms with Gasteiger partial charge in [0.2, 0.25) is 11.7 Å². The molecular weight excluding hydrogens is 359 g/mol. The van der Waals surface area contributed by atoms with Crippen molar-refractivity contribution in [1.29, 1.82) is 0 Å². The zero-order chi connectivity index (χ0) is 18.4. The van der Waals surface area contributed by atoms with Crippen molar-refractivity contribution in [2.75, 3.05) is 17.2 Å². The Morgan fingerprint density at radius 3 is 2.40 bits per heavy atom. The molecule has 132 valence electrons. The number of rotatable bonds is 7. The standard InChI is InChI=1S/C15H12F3N3O3S/c16-12-6-3-10(7-13(12)21(23)24)19-8-14(22)20-9-1-4-11(5-2-9)25-15(17)18/h1-7,15,19H,8H2,(H,20,22). The molecule has 0 heterocycles. The highest BCUT2D eigenvalue weighted by atomic mass is 32.2. The Morgan fingerprint density at radius 1 is 1.16 bits per heavy atom. The average molecular weight is 371 g/mol. The topological polar surface area (TPSA) is 84.3 Å². The Labute approximate surface area is 144 Å². The molecule has 0 aliphatic rings. The molecule has 0 bridgehead atoms. The second-order valence-electron chi connectivity index (χ2n) is 4.73. The molecule has 0 aliphatic heterocycles. The molecule has 0 fully saturated rings. The number of hydrogen-bond donors (Lipinski definition) is 2. The van der Waals surface area contributed by atoms with Gasteiger partial charge in [0.05, 0.1) is 11.5 Å². The summed E-state index contributed by atoms with van der Waals surface area (Å²) in [6.45, 7) is -0.212. The Balaban J connectivity index is 1.90. The fourth-order valence-electron chi connectivity index (χ4n) is 1.87. The molecular formula is C15H12F3N3O3S. The lowest BCUT2D eigenvalue weighted by molar-refractivity contribution is -0.387. The third-order valence-electron chi connectivity index (χ3n) is 2.96. The summed E-state index contributed by atoms with van der Waals surface area (Å²) in [6.07, 6.45) is 0. The van der Waals surface area contributed by atoms with Crippen molar-refractivity contribution in [1.82, 2.24) is 0 Å². The minimum absolute atomic E-state index is 0.212. The number of benzene rings is 2. The molecule has 2 aromatic carbocycles. The van der Waals surface area contributed by atoms with Gasteiger partial charge in [-0.3, -0.25) is 14.9 Å². The number of alkyl halides is 2. The van der Waals surface area contributed by atoms with E-state index < -0.39 is 28.1 Å². The quantitative estimate of drug-likeness (QED) is 0.435. The van der Waals surface area contributed by atoms with Crippen LogP contribution in [-0.4, -0.2) is 23.1 Å². The van der Waals surface area contributed by atoms with Gasteiger partial charge in [0, 0.05) is 22.3 Å². The van der Waals surface area contributed by atoms with Crippen LogP contribution in [0.25, 0.3) is 0 Å². The number of carbonyl (C=O) groups is 1. The Bertz CT molecular complexity index is 772. The highest BCUT2D eigenvalue weighted by molar-refractivity contribution is 7.99. The SMILES string of the molecule is O=C(CNc1ccc(F)c([N+](=O)[O-])c1)Nc1ccc(SC(F)F)cc1. The maximum Gasteiger partial charge on any atom is 0.306 e. The van der Waals surface area contributed by atoms with Crippen LogP contribution in [0.2, 0.25) is 0 Å². The van der Waals surface area contributed by atoms with Gasteiger partial charge in [-0.25, -0.2) is 0 Å². The lowest BCUT2D eigenvalue weighted by Gasteiger charge is -2.08. The lowest BCUT2D eigenvalue weighted by Crippen LogP contribution is -2.21. The van der Waals surface area contributed by atoms with Gasteiger partial charge in [0.1, 0.15) is 0 Å². The fraction of sp³-hybridized carbons (Fsp3) is 0.133. The van der Waals surface area contributed by atoms with Gasteiger partial charge < -0.3 is 10.6 Å². The van der Waals surface area contributed by atoms with Crippen molar-refractivity contribution in [2.45, 2.75) is 10.7 Å². The van der Waals surface area contributed by atoms with E-state index in [0.29, 0.717) is 22.3 Å². The highest BCUT2D eigenvalue weighted by Crippen LogP contribution is 2.26. The number of halogens is 3. The Kier molecular flexibility index (Phi) is 6.23. The summed E-state index contributed by atoms with van der Waals surface area (Å²) in [4.78, 5) is 22.0. The average Bonchev–Trinajstić information content (AvgIpc) is 2.55. The maximum atomic E-state index is 13.2. The lowest BCUT2D eigenvalue weighted by atomic mass is 10.2. The van der Waals surface area contributed by atoms with Gasteiger partial charge in [0.25, 0.3) is 5.76 Å². The number of nitrogens with zero attached hydrogens (tertiary/aromatic N) is 1. The Morgan fingerprint density at radius 2 is 1.80 bits per heavy atom. The molecule has 0 atom stereocenters. The molecule has 2 N–H and O–H groups in total. The van der Waals surface area contributed by atoms with E-state index in [0.717, 1.165) is 12.1 Å². The zero-order valence-corrected chi connectivity index (χ0v) is 13.4. The first-order valence-corrected chi connectivity index (χ1v) is 7.75. The summed E-state index contributed by atoms with van der Waals surface area (Å²) >= 11 is 0.394. The van der Waals surface area contributed by atoms with Crippen LogP contribution in [-0.2, 0) is 4.79 Å². The maximum absolute atomic E-state index is 13.2. The highest BCUT2D eigenvalue weighted by Gasteiger charge is 2.14. The summed E-state index contributed by atoms with van der Waals surface area (Å²) in [5, 5.41) is 15.8. The number of nitro groups is 1. The molecule has 6 nitrogen and oxygen atoms in total. The molecule has 0 radical (unpaired) electrons. The molecule has 25 heavy (non-hydrogen) atoms. The zero-order valence-electron chi connectivity index (χ0n) is 12.5. The summed E-state index contributed by atoms with van der Waals surface area (Å²) in [5.74, 6) is -3.95. The number of nitrogens with one attached hydrogen (secondary N) is 2. The van der Waals surface area contributed by atoms with E-state index in [9.17, 15) is 28.1 Å². The molecule has 0 aromatic heterocycles. The van der Waals surface area contributed by atoms with Gasteiger partial charge in [0.15, 0.2) is 0 Å². The van der Waals surface area contributed by atoms with Crippen LogP contribution in [0.3, 0.4) is 0 Å². The Hall–Kier alpha value is -2.75. The van der Waals surface area contributed by atoms with Crippen LogP contribution in [0.5, 0.6) is 0 Å². The van der Waals surface area contributed by atoms with E-state index in [4.69, 9.17) is 0 Å². The number of carbonyl (C=O) groups excluding carboxylic acids is 1. The van der Waals surface area contributed by atoms with Crippen LogP contribution in [0.4, 0.5) is 30.2 Å². The summed E-state index contributed by atoms with van der Waals surface area (Å²) < 4.78 is 37.7. The van der Waals surface area contributed by atoms with Crippen LogP contribution in [0, 0.1) is 15.9 Å². The number of thioether (sulfide) groups is 1. The molecule has 0 spiro atoms. The third-order valence-corrected chi connectivity index (χ3v) is 3.68. The first kappa shape index (κ1) is 18.6. The predicted molar refractivity (Wildman–Crippen MR) is 88.5 cm³/mol. The van der Waals surface area contributed by atoms with Crippen LogP contribution < -0.4 is 10.6 Å². The fourth-order valence-corrected chi connectivity index (χ4v) is 2.37. The first-order chi connectivity index (χ1) is 11.8. The van der Waals surface area contributed by atoms with Gasteiger partial charge in [-0.15, -0.1) is 0 Å². The van der Waals surface area contributed by atoms with E-state index in [2.05, 4.69) is 10.6 Å². The number of amides is 1. The van der Waals surface area contributed by atoms with E-state index in [-0.39, 0.29) is 12.2 Å². The number of nitro benzene ring substituents is 1. The summed E-state index contributed by atoms with van der Waals surface area (Å²) in [5.41, 5.74) is -0.0695. The van der Waals surface area contributed by atoms with Crippen LogP contribution in [0.1, 0.15) is 0 Å². The second kappa shape index (κ2) is 8.38. The van der Waals surface area contributed by atoms with Gasteiger partial charge in [-0.05, 0) is 36.4 Å². The van der Waals surface area contributed by atoms with Gasteiger partial charge in [-0.1, -0.05) is 11.8 Å². The minimum atomic E-state index is -2.52. The molecule has 10 heteroatoms. The largest absolute Gasteiger partial charge is 0.376 e. The normalized spacial score (nSPS) is 10.6. The predicted octanol–water partition coefficient (Wildman–Crippen LogP) is 4.10. The molecule has 0 unspecified atom stereocenters. The molecule has 1 amide bonds. The van der Waals surface area contributed by atoms with E-state index >= 15 is 0 Å². The third kappa shape index (κ3) is 5.68. The smallest absolute Gasteiger partial charge is 0.306 e. The molecule has 2 rings (SSSR count). The summed E-state index contributed by atoms with van der Waals surface area (Å²) in [6, 6.07) is 9.03. The van der Waals surface area contributed by atoms with Crippen LogP contribution >= 0.6 is 11.8 Å². The van der Waals surface area contributed by atoms with E-state index in [1.807, 2.05) is 0 Å². The molecule has 0 saturated heterocycles. The van der Waals surface area contributed by atoms with Crippen molar-refractivity contribution in [3.63, 3.8) is 0 Å². The van der Waals surface area contributed by atoms with Gasteiger partial charge >= 0.3 is 5.69 Å². The van der Waals surface area contributed by atoms with Crippen molar-refractivity contribution in [3.05, 3.63) is 58.4 Å². The second-order valence-corrected chi connectivity index (χ2v) is 5.79. The molecule has 2 aromatic rings. The number of anilines is 2. The van der Waals surface area contributed by atoms with Crippen molar-refractivity contribution < 1.29 is 22.9 Å². The first-order valence-electron chi connectivity index (χ1n) is 6.87. The van der Waals surface area contributed by atoms with Crippen LogP contribution in [0.15, 0.2) is 47.4 Å². The van der Waals surface area contributed by atoms with E-state index in [1.165, 1.54) is 30.3 Å². The summed E-state index contributed by atoms with van der Waals surface area (Å²) in [7, 11) is 0. The van der Waals surface area contributed by atoms with Crippen molar-refractivity contribution in [2.24, 2.45) is 0 Å². The minimum Gasteiger partial charge on any atom is -0.376 e. The monoisotopic (exact) mass is 371 g/mol. The number of hydrogen-bond acceptors (Lipinski definition) is 5.